The average molecular weight is 203 g/mol. The van der Waals surface area contributed by atoms with Crippen molar-refractivity contribution in [1.82, 2.24) is 4.90 Å². The van der Waals surface area contributed by atoms with E-state index in [0.29, 0.717) is 13.2 Å². The van der Waals surface area contributed by atoms with Crippen LogP contribution in [0.25, 0.3) is 0 Å². The predicted octanol–water partition coefficient (Wildman–Crippen LogP) is -0.373. The summed E-state index contributed by atoms with van der Waals surface area (Å²) in [5.74, 6) is -0.491. The van der Waals surface area contributed by atoms with Gasteiger partial charge in [0.15, 0.2) is 6.04 Å². The van der Waals surface area contributed by atoms with E-state index in [0.717, 1.165) is 0 Å². The standard InChI is InChI=1S/C8H13NO5/c1-12-7(10)6-5-14-4-3-9(6)8(11)13-2/h6H,3-5H2,1-2H3. The van der Waals surface area contributed by atoms with Gasteiger partial charge in [-0.05, 0) is 0 Å². The second kappa shape index (κ2) is 4.80. The van der Waals surface area contributed by atoms with Crippen LogP contribution >= 0.6 is 0 Å². The molecule has 14 heavy (non-hydrogen) atoms. The number of morpholine rings is 1. The minimum atomic E-state index is -0.693. The van der Waals surface area contributed by atoms with E-state index in [1.54, 1.807) is 0 Å². The van der Waals surface area contributed by atoms with Gasteiger partial charge in [0, 0.05) is 6.54 Å². The van der Waals surface area contributed by atoms with Crippen molar-refractivity contribution in [2.24, 2.45) is 0 Å². The zero-order valence-electron chi connectivity index (χ0n) is 8.19. The van der Waals surface area contributed by atoms with Crippen molar-refractivity contribution in [3.8, 4) is 0 Å². The van der Waals surface area contributed by atoms with Gasteiger partial charge in [-0.15, -0.1) is 0 Å². The minimum absolute atomic E-state index is 0.155. The van der Waals surface area contributed by atoms with Crippen LogP contribution in [0.3, 0.4) is 0 Å². The number of amides is 1. The lowest BCUT2D eigenvalue weighted by atomic mass is 10.2. The zero-order chi connectivity index (χ0) is 10.6. The molecule has 1 rings (SSSR count). The summed E-state index contributed by atoms with van der Waals surface area (Å²) >= 11 is 0. The molecule has 0 N–H and O–H groups in total. The van der Waals surface area contributed by atoms with Crippen molar-refractivity contribution in [1.29, 1.82) is 0 Å². The Bertz CT molecular complexity index is 206. The van der Waals surface area contributed by atoms with Crippen LogP contribution in [-0.4, -0.2) is 57.0 Å². The third-order valence-electron chi connectivity index (χ3n) is 2.01. The predicted molar refractivity (Wildman–Crippen MR) is 45.7 cm³/mol. The van der Waals surface area contributed by atoms with Crippen LogP contribution in [0.1, 0.15) is 0 Å². The molecule has 1 atom stereocenters. The molecule has 1 aliphatic heterocycles. The van der Waals surface area contributed by atoms with Crippen molar-refractivity contribution >= 4 is 12.1 Å². The Morgan fingerprint density at radius 1 is 1.36 bits per heavy atom. The Hall–Kier alpha value is -1.30. The first kappa shape index (κ1) is 10.8. The van der Waals surface area contributed by atoms with Gasteiger partial charge < -0.3 is 14.2 Å². The Labute approximate surface area is 81.7 Å². The summed E-state index contributed by atoms with van der Waals surface area (Å²) in [7, 11) is 2.54. The van der Waals surface area contributed by atoms with Crippen LogP contribution in [0, 0.1) is 0 Å². The summed E-state index contributed by atoms with van der Waals surface area (Å²) in [6.45, 7) is 0.900. The van der Waals surface area contributed by atoms with E-state index in [1.165, 1.54) is 19.1 Å². The summed E-state index contributed by atoms with van der Waals surface area (Å²) < 4.78 is 14.2. The summed E-state index contributed by atoms with van der Waals surface area (Å²) in [5.41, 5.74) is 0. The number of methoxy groups -OCH3 is 2. The summed E-state index contributed by atoms with van der Waals surface area (Å²) in [6, 6.07) is -0.693. The van der Waals surface area contributed by atoms with Crippen molar-refractivity contribution in [2.75, 3.05) is 34.0 Å². The maximum Gasteiger partial charge on any atom is 0.410 e. The number of esters is 1. The molecule has 1 aliphatic rings. The van der Waals surface area contributed by atoms with Crippen molar-refractivity contribution < 1.29 is 23.8 Å². The first-order chi connectivity index (χ1) is 6.70. The fraction of sp³-hybridized carbons (Fsp3) is 0.750. The smallest absolute Gasteiger partial charge is 0.410 e. The van der Waals surface area contributed by atoms with Crippen LogP contribution in [0.4, 0.5) is 4.79 Å². The highest BCUT2D eigenvalue weighted by atomic mass is 16.6. The van der Waals surface area contributed by atoms with E-state index >= 15 is 0 Å². The molecule has 0 radical (unpaired) electrons. The second-order valence-electron chi connectivity index (χ2n) is 2.78. The molecule has 0 aromatic heterocycles. The highest BCUT2D eigenvalue weighted by Crippen LogP contribution is 2.09. The van der Waals surface area contributed by atoms with Crippen LogP contribution < -0.4 is 0 Å². The summed E-state index contributed by atoms with van der Waals surface area (Å²) in [4.78, 5) is 23.8. The maximum absolute atomic E-state index is 11.2. The van der Waals surface area contributed by atoms with E-state index in [9.17, 15) is 9.59 Å². The van der Waals surface area contributed by atoms with Crippen LogP contribution in [0.2, 0.25) is 0 Å². The van der Waals surface area contributed by atoms with Crippen LogP contribution in [-0.2, 0) is 19.0 Å². The molecule has 0 bridgehead atoms. The molecule has 0 saturated carbocycles. The molecule has 6 nitrogen and oxygen atoms in total. The van der Waals surface area contributed by atoms with Gasteiger partial charge in [-0.2, -0.15) is 0 Å². The third kappa shape index (κ3) is 2.14. The van der Waals surface area contributed by atoms with Gasteiger partial charge >= 0.3 is 12.1 Å². The molecule has 6 heteroatoms. The fourth-order valence-corrected chi connectivity index (χ4v) is 1.27. The molecule has 0 spiro atoms. The Kier molecular flexibility index (Phi) is 3.70. The molecule has 1 heterocycles. The lowest BCUT2D eigenvalue weighted by molar-refractivity contribution is -0.151. The molecule has 1 fully saturated rings. The van der Waals surface area contributed by atoms with Gasteiger partial charge in [0.2, 0.25) is 0 Å². The lowest BCUT2D eigenvalue weighted by Gasteiger charge is -2.32. The minimum Gasteiger partial charge on any atom is -0.467 e. The number of ether oxygens (including phenoxy) is 3. The average Bonchev–Trinajstić information content (AvgIpc) is 2.27. The van der Waals surface area contributed by atoms with Gasteiger partial charge in [0.05, 0.1) is 27.4 Å². The van der Waals surface area contributed by atoms with Crippen molar-refractivity contribution in [3.05, 3.63) is 0 Å². The SMILES string of the molecule is COC(=O)C1COCCN1C(=O)OC. The molecule has 1 amide bonds. The quantitative estimate of drug-likeness (QED) is 0.544. The normalized spacial score (nSPS) is 21.6. The third-order valence-corrected chi connectivity index (χ3v) is 2.01. The van der Waals surface area contributed by atoms with E-state index in [-0.39, 0.29) is 6.61 Å². The second-order valence-corrected chi connectivity index (χ2v) is 2.78. The number of hydrogen-bond acceptors (Lipinski definition) is 5. The zero-order valence-corrected chi connectivity index (χ0v) is 8.19. The highest BCUT2D eigenvalue weighted by Gasteiger charge is 2.34. The number of carbonyl (C=O) groups is 2. The molecule has 80 valence electrons. The number of carbonyl (C=O) groups excluding carboxylic acids is 2. The van der Waals surface area contributed by atoms with Gasteiger partial charge in [-0.25, -0.2) is 9.59 Å². The van der Waals surface area contributed by atoms with Gasteiger partial charge in [-0.3, -0.25) is 4.90 Å². The Morgan fingerprint density at radius 3 is 2.64 bits per heavy atom. The topological polar surface area (TPSA) is 65.1 Å². The largest absolute Gasteiger partial charge is 0.467 e. The first-order valence-electron chi connectivity index (χ1n) is 4.21. The van der Waals surface area contributed by atoms with E-state index in [1.807, 2.05) is 0 Å². The van der Waals surface area contributed by atoms with E-state index < -0.39 is 18.1 Å². The van der Waals surface area contributed by atoms with Crippen LogP contribution in [0.5, 0.6) is 0 Å². The van der Waals surface area contributed by atoms with Crippen molar-refractivity contribution in [2.45, 2.75) is 6.04 Å². The van der Waals surface area contributed by atoms with E-state index in [4.69, 9.17) is 4.74 Å². The molecule has 1 saturated heterocycles. The molecular formula is C8H13NO5. The Balaban J connectivity index is 2.68. The molecule has 0 aromatic rings. The van der Waals surface area contributed by atoms with Crippen molar-refractivity contribution in [3.63, 3.8) is 0 Å². The first-order valence-corrected chi connectivity index (χ1v) is 4.21. The molecule has 0 aliphatic carbocycles. The maximum atomic E-state index is 11.2. The monoisotopic (exact) mass is 203 g/mol. The Morgan fingerprint density at radius 2 is 2.07 bits per heavy atom. The van der Waals surface area contributed by atoms with Crippen LogP contribution in [0.15, 0.2) is 0 Å². The molecular weight excluding hydrogens is 190 g/mol. The molecule has 0 aromatic carbocycles. The number of rotatable bonds is 1. The highest BCUT2D eigenvalue weighted by molar-refractivity contribution is 5.81. The number of nitrogens with zero attached hydrogens (tertiary/aromatic N) is 1. The molecule has 1 unspecified atom stereocenters. The van der Waals surface area contributed by atoms with Gasteiger partial charge in [0.1, 0.15) is 0 Å². The summed E-state index contributed by atoms with van der Waals surface area (Å²) in [6.07, 6.45) is -0.538. The fourth-order valence-electron chi connectivity index (χ4n) is 1.27. The summed E-state index contributed by atoms with van der Waals surface area (Å²) in [5, 5.41) is 0. The van der Waals surface area contributed by atoms with Gasteiger partial charge in [-0.1, -0.05) is 0 Å². The lowest BCUT2D eigenvalue weighted by Crippen LogP contribution is -2.52. The van der Waals surface area contributed by atoms with Gasteiger partial charge in [0.25, 0.3) is 0 Å². The number of hydrogen-bond donors (Lipinski definition) is 0. The van der Waals surface area contributed by atoms with E-state index in [2.05, 4.69) is 9.47 Å².